The third-order valence-corrected chi connectivity index (χ3v) is 10.2. The predicted molar refractivity (Wildman–Crippen MR) is 201 cm³/mol. The number of hydrogen-bond donors (Lipinski definition) is 0. The normalized spacial score (nSPS) is 12.8. The van der Waals surface area contributed by atoms with Crippen LogP contribution in [0.3, 0.4) is 0 Å². The van der Waals surface area contributed by atoms with Gasteiger partial charge in [-0.3, -0.25) is 4.52 Å². The molecule has 0 unspecified atom stereocenters. The van der Waals surface area contributed by atoms with Gasteiger partial charge in [-0.1, -0.05) is 107 Å². The lowest BCUT2D eigenvalue weighted by Crippen LogP contribution is -2.19. The Kier molecular flexibility index (Phi) is 11.2. The molecule has 0 bridgehead atoms. The standard InChI is InChI=1S/C42H59O3P/c1-24(2)30-16-32-20-36(28(9)10)40(22-38(32)34(18-30)26(5)6)43-46(45-42(13,14)15)44-41-23-39-33(21-37(41)29(11)12)17-31(25(3)4)19-35(39)27(7)8/h16-29H,1-15H3. The zero-order valence-corrected chi connectivity index (χ0v) is 32.1. The SMILES string of the molecule is CC(C)c1cc(C(C)C)c2cc(OP(Oc3cc4c(C(C)C)cc(C(C)C)cc4cc3C(C)C)OC(C)(C)C)c(C(C)C)cc2c1. The molecule has 4 aromatic carbocycles. The van der Waals surface area contributed by atoms with Gasteiger partial charge in [-0.05, 0) is 135 Å². The van der Waals surface area contributed by atoms with Crippen LogP contribution in [0.1, 0.15) is 173 Å². The first kappa shape index (κ1) is 36.2. The minimum atomic E-state index is -1.78. The van der Waals surface area contributed by atoms with E-state index in [-0.39, 0.29) is 11.8 Å². The van der Waals surface area contributed by atoms with Gasteiger partial charge in [0.1, 0.15) is 11.5 Å². The molecule has 4 aromatic rings. The fraction of sp³-hybridized carbons (Fsp3) is 0.524. The molecular weight excluding hydrogens is 583 g/mol. The molecule has 4 rings (SSSR count). The summed E-state index contributed by atoms with van der Waals surface area (Å²) in [5, 5.41) is 5.01. The minimum absolute atomic E-state index is 0.270. The van der Waals surface area contributed by atoms with E-state index in [1.165, 1.54) is 54.9 Å². The van der Waals surface area contributed by atoms with E-state index in [4.69, 9.17) is 13.6 Å². The van der Waals surface area contributed by atoms with Crippen molar-refractivity contribution in [2.45, 2.75) is 145 Å². The molecule has 0 spiro atoms. The molecule has 4 heteroatoms. The largest absolute Gasteiger partial charge is 0.463 e. The Bertz CT molecular complexity index is 1550. The van der Waals surface area contributed by atoms with Gasteiger partial charge in [0.2, 0.25) is 0 Å². The molecule has 0 fully saturated rings. The molecule has 0 atom stereocenters. The summed E-state index contributed by atoms with van der Waals surface area (Å²) in [4.78, 5) is 0. The van der Waals surface area contributed by atoms with Gasteiger partial charge >= 0.3 is 8.60 Å². The summed E-state index contributed by atoms with van der Waals surface area (Å²) >= 11 is 0. The highest BCUT2D eigenvalue weighted by atomic mass is 31.2. The van der Waals surface area contributed by atoms with E-state index in [0.717, 1.165) is 11.5 Å². The molecule has 0 aliphatic heterocycles. The van der Waals surface area contributed by atoms with Crippen molar-refractivity contribution in [3.8, 4) is 11.5 Å². The van der Waals surface area contributed by atoms with Crippen LogP contribution in [0.25, 0.3) is 21.5 Å². The first-order chi connectivity index (χ1) is 21.4. The zero-order valence-electron chi connectivity index (χ0n) is 31.3. The van der Waals surface area contributed by atoms with E-state index in [0.29, 0.717) is 23.7 Å². The number of benzene rings is 4. The van der Waals surface area contributed by atoms with Gasteiger partial charge in [0, 0.05) is 0 Å². The van der Waals surface area contributed by atoms with Crippen molar-refractivity contribution in [1.29, 1.82) is 0 Å². The van der Waals surface area contributed by atoms with Crippen molar-refractivity contribution in [2.75, 3.05) is 0 Å². The molecule has 0 radical (unpaired) electrons. The molecule has 250 valence electrons. The highest BCUT2D eigenvalue weighted by Crippen LogP contribution is 2.50. The van der Waals surface area contributed by atoms with Crippen molar-refractivity contribution in [3.63, 3.8) is 0 Å². The Balaban J connectivity index is 1.89. The lowest BCUT2D eigenvalue weighted by atomic mass is 9.88. The molecule has 0 saturated heterocycles. The maximum atomic E-state index is 6.90. The lowest BCUT2D eigenvalue weighted by Gasteiger charge is -2.28. The third kappa shape index (κ3) is 8.26. The summed E-state index contributed by atoms with van der Waals surface area (Å²) in [5.74, 6) is 3.93. The molecular formula is C42H59O3P. The number of hydrogen-bond acceptors (Lipinski definition) is 3. The van der Waals surface area contributed by atoms with Crippen LogP contribution < -0.4 is 9.05 Å². The minimum Gasteiger partial charge on any atom is -0.417 e. The molecule has 0 aliphatic carbocycles. The molecule has 0 heterocycles. The lowest BCUT2D eigenvalue weighted by molar-refractivity contribution is 0.114. The van der Waals surface area contributed by atoms with E-state index in [1.807, 2.05) is 0 Å². The fourth-order valence-electron chi connectivity index (χ4n) is 6.05. The summed E-state index contributed by atoms with van der Waals surface area (Å²) in [7, 11) is -1.78. The van der Waals surface area contributed by atoms with Gasteiger partial charge in [-0.25, -0.2) is 0 Å². The van der Waals surface area contributed by atoms with Crippen LogP contribution in [0, 0.1) is 0 Å². The summed E-state index contributed by atoms with van der Waals surface area (Å²) in [6.07, 6.45) is 0. The maximum Gasteiger partial charge on any atom is 0.463 e. The maximum absolute atomic E-state index is 6.90. The third-order valence-electron chi connectivity index (χ3n) is 8.79. The first-order valence-corrected chi connectivity index (χ1v) is 18.5. The van der Waals surface area contributed by atoms with Gasteiger partial charge in [0.15, 0.2) is 0 Å². The zero-order chi connectivity index (χ0) is 34.2. The van der Waals surface area contributed by atoms with Crippen LogP contribution in [-0.2, 0) is 4.52 Å². The molecule has 0 amide bonds. The van der Waals surface area contributed by atoms with E-state index in [9.17, 15) is 0 Å². The predicted octanol–water partition coefficient (Wildman–Crippen LogP) is 14.2. The highest BCUT2D eigenvalue weighted by molar-refractivity contribution is 7.42. The second-order valence-electron chi connectivity index (χ2n) is 16.0. The monoisotopic (exact) mass is 642 g/mol. The number of fused-ring (bicyclic) bond motifs is 2. The summed E-state index contributed by atoms with van der Waals surface area (Å²) in [6, 6.07) is 18.6. The Morgan fingerprint density at radius 2 is 0.783 bits per heavy atom. The summed E-state index contributed by atoms with van der Waals surface area (Å²) < 4.78 is 20.4. The fourth-order valence-corrected chi connectivity index (χ4v) is 7.24. The van der Waals surface area contributed by atoms with E-state index >= 15 is 0 Å². The van der Waals surface area contributed by atoms with Gasteiger partial charge < -0.3 is 9.05 Å². The van der Waals surface area contributed by atoms with Crippen LogP contribution in [0.5, 0.6) is 11.5 Å². The second kappa shape index (κ2) is 14.2. The Hall–Kier alpha value is -2.61. The molecule has 46 heavy (non-hydrogen) atoms. The van der Waals surface area contributed by atoms with Gasteiger partial charge in [-0.2, -0.15) is 0 Å². The van der Waals surface area contributed by atoms with E-state index < -0.39 is 14.2 Å². The van der Waals surface area contributed by atoms with Gasteiger partial charge in [0.05, 0.1) is 5.60 Å². The topological polar surface area (TPSA) is 27.7 Å². The molecule has 3 nitrogen and oxygen atoms in total. The van der Waals surface area contributed by atoms with Gasteiger partial charge in [0.25, 0.3) is 0 Å². The second-order valence-corrected chi connectivity index (χ2v) is 17.0. The van der Waals surface area contributed by atoms with Crippen LogP contribution in [-0.4, -0.2) is 5.60 Å². The average Bonchev–Trinajstić information content (AvgIpc) is 2.93. The van der Waals surface area contributed by atoms with Crippen molar-refractivity contribution in [3.05, 3.63) is 81.9 Å². The Morgan fingerprint density at radius 3 is 1.07 bits per heavy atom. The number of rotatable bonds is 11. The van der Waals surface area contributed by atoms with E-state index in [2.05, 4.69) is 152 Å². The van der Waals surface area contributed by atoms with Crippen LogP contribution in [0.4, 0.5) is 0 Å². The van der Waals surface area contributed by atoms with Crippen LogP contribution in [0.15, 0.2) is 48.5 Å². The molecule has 0 aliphatic rings. The Morgan fingerprint density at radius 1 is 0.435 bits per heavy atom. The van der Waals surface area contributed by atoms with Crippen molar-refractivity contribution in [2.24, 2.45) is 0 Å². The smallest absolute Gasteiger partial charge is 0.417 e. The molecule has 0 N–H and O–H groups in total. The quantitative estimate of drug-likeness (QED) is 0.152. The van der Waals surface area contributed by atoms with Crippen molar-refractivity contribution >= 4 is 30.1 Å². The first-order valence-electron chi connectivity index (χ1n) is 17.4. The van der Waals surface area contributed by atoms with Crippen molar-refractivity contribution in [1.82, 2.24) is 0 Å². The average molecular weight is 643 g/mol. The summed E-state index contributed by atoms with van der Waals surface area (Å²) in [6.45, 7) is 33.3. The van der Waals surface area contributed by atoms with Crippen LogP contribution >= 0.6 is 8.60 Å². The van der Waals surface area contributed by atoms with E-state index in [1.54, 1.807) is 0 Å². The highest BCUT2D eigenvalue weighted by Gasteiger charge is 2.29. The molecule has 0 saturated carbocycles. The van der Waals surface area contributed by atoms with Crippen LogP contribution in [0.2, 0.25) is 0 Å². The van der Waals surface area contributed by atoms with Gasteiger partial charge in [-0.15, -0.1) is 0 Å². The molecule has 0 aromatic heterocycles. The van der Waals surface area contributed by atoms with Crippen molar-refractivity contribution < 1.29 is 13.6 Å². The summed E-state index contributed by atoms with van der Waals surface area (Å²) in [5.41, 5.74) is 7.33. The Labute approximate surface area is 281 Å².